The highest BCUT2D eigenvalue weighted by Gasteiger charge is 2.22. The van der Waals surface area contributed by atoms with Crippen molar-refractivity contribution >= 4 is 23.2 Å². The van der Waals surface area contributed by atoms with E-state index in [9.17, 15) is 0 Å². The molecule has 0 spiro atoms. The van der Waals surface area contributed by atoms with Crippen LogP contribution in [0.5, 0.6) is 0 Å². The number of hydrogen-bond donors (Lipinski definition) is 1. The van der Waals surface area contributed by atoms with Gasteiger partial charge in [-0.05, 0) is 17.7 Å². The Kier molecular flexibility index (Phi) is 4.85. The van der Waals surface area contributed by atoms with Crippen LogP contribution in [-0.4, -0.2) is 31.1 Å². The van der Waals surface area contributed by atoms with Crippen LogP contribution in [0, 0.1) is 11.3 Å². The number of benzene rings is 1. The van der Waals surface area contributed by atoms with Crippen molar-refractivity contribution in [3.8, 4) is 6.07 Å². The molecule has 1 saturated heterocycles. The minimum Gasteiger partial charge on any atom is -0.314 e. The summed E-state index contributed by atoms with van der Waals surface area (Å²) in [6, 6.07) is 7.99. The van der Waals surface area contributed by atoms with Crippen molar-refractivity contribution in [2.45, 2.75) is 12.5 Å². The normalized spacial score (nSPS) is 18.3. The van der Waals surface area contributed by atoms with E-state index in [1.54, 1.807) is 6.07 Å². The van der Waals surface area contributed by atoms with Crippen molar-refractivity contribution in [2.24, 2.45) is 0 Å². The summed E-state index contributed by atoms with van der Waals surface area (Å²) in [4.78, 5) is 2.32. The largest absolute Gasteiger partial charge is 0.314 e. The molecule has 1 aliphatic heterocycles. The number of nitrogens with one attached hydrogen (secondary N) is 1. The van der Waals surface area contributed by atoms with E-state index in [2.05, 4.69) is 16.3 Å². The lowest BCUT2D eigenvalue weighted by molar-refractivity contribution is 0.175. The van der Waals surface area contributed by atoms with E-state index in [0.717, 1.165) is 31.7 Å². The van der Waals surface area contributed by atoms with Gasteiger partial charge in [0.2, 0.25) is 0 Å². The molecule has 3 nitrogen and oxygen atoms in total. The average Bonchev–Trinajstić information content (AvgIpc) is 2.40. The lowest BCUT2D eigenvalue weighted by Crippen LogP contribution is -2.45. The third kappa shape index (κ3) is 3.15. The Morgan fingerprint density at radius 1 is 1.28 bits per heavy atom. The van der Waals surface area contributed by atoms with Gasteiger partial charge < -0.3 is 5.32 Å². The Morgan fingerprint density at radius 2 is 2.00 bits per heavy atom. The van der Waals surface area contributed by atoms with Gasteiger partial charge in [0, 0.05) is 32.2 Å². The van der Waals surface area contributed by atoms with E-state index in [1.165, 1.54) is 0 Å². The Balaban J connectivity index is 2.22. The Labute approximate surface area is 117 Å². The molecule has 0 radical (unpaired) electrons. The number of rotatable bonds is 3. The van der Waals surface area contributed by atoms with Gasteiger partial charge in [-0.2, -0.15) is 5.26 Å². The molecule has 0 amide bonds. The first-order chi connectivity index (χ1) is 8.72. The van der Waals surface area contributed by atoms with Crippen LogP contribution in [0.2, 0.25) is 10.0 Å². The molecular weight excluding hydrogens is 269 g/mol. The fraction of sp³-hybridized carbons (Fsp3) is 0.462. The first-order valence-corrected chi connectivity index (χ1v) is 6.74. The lowest BCUT2D eigenvalue weighted by atomic mass is 10.0. The zero-order valence-corrected chi connectivity index (χ0v) is 11.5. The molecule has 0 bridgehead atoms. The second kappa shape index (κ2) is 6.40. The van der Waals surface area contributed by atoms with Crippen molar-refractivity contribution < 1.29 is 0 Å². The van der Waals surface area contributed by atoms with Crippen LogP contribution < -0.4 is 5.32 Å². The molecule has 18 heavy (non-hydrogen) atoms. The van der Waals surface area contributed by atoms with Gasteiger partial charge in [-0.25, -0.2) is 0 Å². The molecule has 1 N–H and O–H groups in total. The first kappa shape index (κ1) is 13.6. The molecule has 0 saturated carbocycles. The fourth-order valence-electron chi connectivity index (χ4n) is 2.26. The quantitative estimate of drug-likeness (QED) is 0.927. The highest BCUT2D eigenvalue weighted by Crippen LogP contribution is 2.30. The third-order valence-electron chi connectivity index (χ3n) is 3.21. The Hall–Kier alpha value is -0.790. The summed E-state index contributed by atoms with van der Waals surface area (Å²) >= 11 is 12.0. The molecule has 0 aliphatic carbocycles. The van der Waals surface area contributed by atoms with Gasteiger partial charge in [0.1, 0.15) is 0 Å². The number of piperazine rings is 1. The molecule has 1 fully saturated rings. The molecule has 1 heterocycles. The molecule has 5 heteroatoms. The van der Waals surface area contributed by atoms with Gasteiger partial charge in [-0.15, -0.1) is 0 Å². The van der Waals surface area contributed by atoms with Gasteiger partial charge in [0.25, 0.3) is 0 Å². The van der Waals surface area contributed by atoms with Crippen LogP contribution >= 0.6 is 23.2 Å². The van der Waals surface area contributed by atoms with Crippen LogP contribution in [0.1, 0.15) is 18.0 Å². The van der Waals surface area contributed by atoms with Crippen molar-refractivity contribution in [1.82, 2.24) is 10.2 Å². The fourth-order valence-corrected chi connectivity index (χ4v) is 2.56. The molecule has 1 aromatic rings. The zero-order valence-electron chi connectivity index (χ0n) is 10.00. The average molecular weight is 284 g/mol. The Morgan fingerprint density at radius 3 is 2.61 bits per heavy atom. The number of hydrogen-bond acceptors (Lipinski definition) is 3. The second-order valence-corrected chi connectivity index (χ2v) is 5.15. The minimum atomic E-state index is 0.104. The minimum absolute atomic E-state index is 0.104. The van der Waals surface area contributed by atoms with Crippen molar-refractivity contribution in [2.75, 3.05) is 26.2 Å². The maximum absolute atomic E-state index is 9.00. The summed E-state index contributed by atoms with van der Waals surface area (Å²) in [6.07, 6.45) is 0.470. The molecule has 96 valence electrons. The molecule has 0 aromatic heterocycles. The maximum Gasteiger partial charge on any atom is 0.0641 e. The van der Waals surface area contributed by atoms with E-state index in [4.69, 9.17) is 28.5 Å². The lowest BCUT2D eigenvalue weighted by Gasteiger charge is -2.34. The van der Waals surface area contributed by atoms with E-state index < -0.39 is 0 Å². The number of nitrogens with zero attached hydrogens (tertiary/aromatic N) is 2. The van der Waals surface area contributed by atoms with Gasteiger partial charge in [-0.1, -0.05) is 29.3 Å². The summed E-state index contributed by atoms with van der Waals surface area (Å²) in [5, 5.41) is 13.4. The van der Waals surface area contributed by atoms with Crippen LogP contribution in [0.3, 0.4) is 0 Å². The summed E-state index contributed by atoms with van der Waals surface area (Å²) in [7, 11) is 0. The molecule has 0 unspecified atom stereocenters. The predicted octanol–water partition coefficient (Wildman–Crippen LogP) is 2.85. The molecule has 1 atom stereocenters. The topological polar surface area (TPSA) is 39.1 Å². The molecule has 2 rings (SSSR count). The van der Waals surface area contributed by atoms with Crippen LogP contribution in [0.15, 0.2) is 18.2 Å². The van der Waals surface area contributed by atoms with Gasteiger partial charge >= 0.3 is 0 Å². The van der Waals surface area contributed by atoms with Gasteiger partial charge in [-0.3, -0.25) is 4.90 Å². The van der Waals surface area contributed by atoms with E-state index in [-0.39, 0.29) is 6.04 Å². The van der Waals surface area contributed by atoms with Crippen LogP contribution in [-0.2, 0) is 0 Å². The SMILES string of the molecule is N#CC[C@@H](c1ccc(Cl)c(Cl)c1)N1CCNCC1. The smallest absolute Gasteiger partial charge is 0.0641 e. The van der Waals surface area contributed by atoms with Crippen molar-refractivity contribution in [1.29, 1.82) is 5.26 Å². The highest BCUT2D eigenvalue weighted by molar-refractivity contribution is 6.42. The molecular formula is C13H15Cl2N3. The van der Waals surface area contributed by atoms with Crippen LogP contribution in [0.25, 0.3) is 0 Å². The Bertz CT molecular complexity index is 450. The monoisotopic (exact) mass is 283 g/mol. The van der Waals surface area contributed by atoms with Crippen molar-refractivity contribution in [3.63, 3.8) is 0 Å². The number of nitriles is 1. The summed E-state index contributed by atoms with van der Waals surface area (Å²) < 4.78 is 0. The zero-order chi connectivity index (χ0) is 13.0. The standard InChI is InChI=1S/C13H15Cl2N3/c14-11-2-1-10(9-12(11)15)13(3-4-16)18-7-5-17-6-8-18/h1-2,9,13,17H,3,5-8H2/t13-/m0/s1. The van der Waals surface area contributed by atoms with Crippen LogP contribution in [0.4, 0.5) is 0 Å². The van der Waals surface area contributed by atoms with Gasteiger partial charge in [0.05, 0.1) is 22.5 Å². The second-order valence-electron chi connectivity index (χ2n) is 4.34. The maximum atomic E-state index is 9.00. The number of halogens is 2. The molecule has 1 aliphatic rings. The van der Waals surface area contributed by atoms with E-state index in [0.29, 0.717) is 16.5 Å². The molecule has 1 aromatic carbocycles. The summed E-state index contributed by atoms with van der Waals surface area (Å²) in [6.45, 7) is 3.83. The summed E-state index contributed by atoms with van der Waals surface area (Å²) in [5.74, 6) is 0. The third-order valence-corrected chi connectivity index (χ3v) is 3.94. The van der Waals surface area contributed by atoms with E-state index >= 15 is 0 Å². The summed E-state index contributed by atoms with van der Waals surface area (Å²) in [5.41, 5.74) is 1.06. The highest BCUT2D eigenvalue weighted by atomic mass is 35.5. The van der Waals surface area contributed by atoms with E-state index in [1.807, 2.05) is 12.1 Å². The first-order valence-electron chi connectivity index (χ1n) is 5.99. The van der Waals surface area contributed by atoms with Gasteiger partial charge in [0.15, 0.2) is 0 Å². The van der Waals surface area contributed by atoms with Crippen molar-refractivity contribution in [3.05, 3.63) is 33.8 Å². The predicted molar refractivity (Wildman–Crippen MR) is 73.9 cm³/mol.